The lowest BCUT2D eigenvalue weighted by Crippen LogP contribution is -2.02. The molecule has 0 radical (unpaired) electrons. The average Bonchev–Trinajstić information content (AvgIpc) is 2.40. The van der Waals surface area contributed by atoms with Crippen LogP contribution in [0.25, 0.3) is 0 Å². The Morgan fingerprint density at radius 3 is 2.78 bits per heavy atom. The van der Waals surface area contributed by atoms with Crippen molar-refractivity contribution >= 4 is 5.82 Å². The molecule has 0 atom stereocenters. The van der Waals surface area contributed by atoms with Crippen LogP contribution in [0.1, 0.15) is 11.3 Å². The minimum atomic E-state index is -0.375. The van der Waals surface area contributed by atoms with Crippen LogP contribution in [-0.4, -0.2) is 17.0 Å². The smallest absolute Gasteiger partial charge is 0.165 e. The van der Waals surface area contributed by atoms with Gasteiger partial charge in [0.15, 0.2) is 11.6 Å². The van der Waals surface area contributed by atoms with Gasteiger partial charge in [0.2, 0.25) is 0 Å². The number of aromatic nitrogens is 2. The van der Waals surface area contributed by atoms with E-state index in [4.69, 9.17) is 4.74 Å². The Morgan fingerprint density at radius 2 is 2.11 bits per heavy atom. The summed E-state index contributed by atoms with van der Waals surface area (Å²) in [5.74, 6) is 0.537. The van der Waals surface area contributed by atoms with Crippen molar-refractivity contribution in [2.45, 2.75) is 13.5 Å². The molecule has 5 heteroatoms. The van der Waals surface area contributed by atoms with E-state index in [9.17, 15) is 4.39 Å². The summed E-state index contributed by atoms with van der Waals surface area (Å²) in [6.45, 7) is 2.07. The topological polar surface area (TPSA) is 47.0 Å². The maximum absolute atomic E-state index is 13.4. The number of ether oxygens (including phenoxy) is 1. The second-order valence-corrected chi connectivity index (χ2v) is 3.87. The molecule has 0 aliphatic rings. The van der Waals surface area contributed by atoms with Crippen LogP contribution in [-0.2, 0) is 6.61 Å². The summed E-state index contributed by atoms with van der Waals surface area (Å²) < 4.78 is 18.8. The molecule has 1 N–H and O–H groups in total. The first kappa shape index (κ1) is 12.3. The first-order chi connectivity index (χ1) is 8.69. The second-order valence-electron chi connectivity index (χ2n) is 3.87. The van der Waals surface area contributed by atoms with E-state index in [0.717, 1.165) is 5.56 Å². The third-order valence-electron chi connectivity index (χ3n) is 2.42. The van der Waals surface area contributed by atoms with Crippen LogP contribution in [0.15, 0.2) is 30.6 Å². The van der Waals surface area contributed by atoms with E-state index in [2.05, 4.69) is 15.3 Å². The summed E-state index contributed by atoms with van der Waals surface area (Å²) in [5.41, 5.74) is 1.60. The Balaban J connectivity index is 2.04. The fraction of sp³-hybridized carbons (Fsp3) is 0.231. The maximum atomic E-state index is 13.4. The van der Waals surface area contributed by atoms with Crippen LogP contribution in [0.5, 0.6) is 5.75 Å². The third kappa shape index (κ3) is 2.94. The first-order valence-electron chi connectivity index (χ1n) is 5.56. The highest BCUT2D eigenvalue weighted by molar-refractivity contribution is 5.31. The van der Waals surface area contributed by atoms with E-state index in [1.54, 1.807) is 31.6 Å². The molecule has 94 valence electrons. The maximum Gasteiger partial charge on any atom is 0.165 e. The van der Waals surface area contributed by atoms with E-state index in [1.807, 2.05) is 6.92 Å². The standard InChI is InChI=1S/C13H14FN3O/c1-9-3-4-11(14)12(5-9)18-8-10-6-17-13(15-2)7-16-10/h3-7H,8H2,1-2H3,(H,15,17). The number of nitrogens with zero attached hydrogens (tertiary/aromatic N) is 2. The molecule has 0 amide bonds. The van der Waals surface area contributed by atoms with Gasteiger partial charge in [0, 0.05) is 7.05 Å². The van der Waals surface area contributed by atoms with Crippen molar-refractivity contribution < 1.29 is 9.13 Å². The molecule has 0 aliphatic heterocycles. The molecule has 0 spiro atoms. The van der Waals surface area contributed by atoms with Crippen LogP contribution in [0.4, 0.5) is 10.2 Å². The molecule has 2 aromatic rings. The minimum Gasteiger partial charge on any atom is -0.484 e. The summed E-state index contributed by atoms with van der Waals surface area (Å²) in [6.07, 6.45) is 3.20. The van der Waals surface area contributed by atoms with Crippen molar-refractivity contribution in [3.8, 4) is 5.75 Å². The zero-order valence-corrected chi connectivity index (χ0v) is 10.3. The SMILES string of the molecule is CNc1cnc(COc2cc(C)ccc2F)cn1. The average molecular weight is 247 g/mol. The lowest BCUT2D eigenvalue weighted by molar-refractivity contribution is 0.285. The highest BCUT2D eigenvalue weighted by Gasteiger charge is 2.04. The number of anilines is 1. The van der Waals surface area contributed by atoms with E-state index < -0.39 is 0 Å². The fourth-order valence-corrected chi connectivity index (χ4v) is 1.43. The zero-order valence-electron chi connectivity index (χ0n) is 10.3. The largest absolute Gasteiger partial charge is 0.484 e. The van der Waals surface area contributed by atoms with Crippen LogP contribution in [0.3, 0.4) is 0 Å². The van der Waals surface area contributed by atoms with Gasteiger partial charge in [-0.05, 0) is 24.6 Å². The molecule has 0 saturated carbocycles. The molecular weight excluding hydrogens is 233 g/mol. The van der Waals surface area contributed by atoms with Crippen LogP contribution in [0, 0.1) is 12.7 Å². The monoisotopic (exact) mass is 247 g/mol. The number of hydrogen-bond donors (Lipinski definition) is 1. The van der Waals surface area contributed by atoms with E-state index in [-0.39, 0.29) is 18.2 Å². The van der Waals surface area contributed by atoms with E-state index >= 15 is 0 Å². The van der Waals surface area contributed by atoms with Crippen molar-refractivity contribution in [3.63, 3.8) is 0 Å². The summed E-state index contributed by atoms with van der Waals surface area (Å²) in [5, 5.41) is 2.87. The molecule has 1 aromatic carbocycles. The molecule has 0 bridgehead atoms. The summed E-state index contributed by atoms with van der Waals surface area (Å²) >= 11 is 0. The van der Waals surface area contributed by atoms with E-state index in [1.165, 1.54) is 6.07 Å². The molecule has 0 unspecified atom stereocenters. The highest BCUT2D eigenvalue weighted by atomic mass is 19.1. The van der Waals surface area contributed by atoms with Crippen LogP contribution in [0.2, 0.25) is 0 Å². The number of rotatable bonds is 4. The normalized spacial score (nSPS) is 10.2. The van der Waals surface area contributed by atoms with Crippen molar-refractivity contribution in [1.82, 2.24) is 9.97 Å². The van der Waals surface area contributed by atoms with Crippen molar-refractivity contribution in [2.24, 2.45) is 0 Å². The number of aryl methyl sites for hydroxylation is 1. The Kier molecular flexibility index (Phi) is 3.72. The molecule has 0 fully saturated rings. The lowest BCUT2D eigenvalue weighted by Gasteiger charge is -2.07. The number of nitrogens with one attached hydrogen (secondary N) is 1. The predicted molar refractivity (Wildman–Crippen MR) is 67.0 cm³/mol. The van der Waals surface area contributed by atoms with Gasteiger partial charge >= 0.3 is 0 Å². The van der Waals surface area contributed by atoms with Crippen LogP contribution >= 0.6 is 0 Å². The Morgan fingerprint density at radius 1 is 1.28 bits per heavy atom. The first-order valence-corrected chi connectivity index (χ1v) is 5.56. The Hall–Kier alpha value is -2.17. The molecule has 2 rings (SSSR count). The highest BCUT2D eigenvalue weighted by Crippen LogP contribution is 2.19. The van der Waals surface area contributed by atoms with Gasteiger partial charge in [0.05, 0.1) is 18.1 Å². The number of hydrogen-bond acceptors (Lipinski definition) is 4. The number of halogens is 1. The molecule has 1 aromatic heterocycles. The van der Waals surface area contributed by atoms with Crippen LogP contribution < -0.4 is 10.1 Å². The van der Waals surface area contributed by atoms with Crippen molar-refractivity contribution in [2.75, 3.05) is 12.4 Å². The third-order valence-corrected chi connectivity index (χ3v) is 2.42. The summed E-state index contributed by atoms with van der Waals surface area (Å²) in [6, 6.07) is 4.74. The summed E-state index contributed by atoms with van der Waals surface area (Å²) in [4.78, 5) is 8.25. The van der Waals surface area contributed by atoms with Crippen molar-refractivity contribution in [1.29, 1.82) is 0 Å². The molecule has 1 heterocycles. The van der Waals surface area contributed by atoms with Crippen molar-refractivity contribution in [3.05, 3.63) is 47.7 Å². The zero-order chi connectivity index (χ0) is 13.0. The molecule has 4 nitrogen and oxygen atoms in total. The minimum absolute atomic E-state index is 0.192. The second kappa shape index (κ2) is 5.44. The molecule has 0 aliphatic carbocycles. The van der Waals surface area contributed by atoms with Gasteiger partial charge in [0.1, 0.15) is 12.4 Å². The molecular formula is C13H14FN3O. The predicted octanol–water partition coefficient (Wildman–Crippen LogP) is 2.54. The van der Waals surface area contributed by atoms with Gasteiger partial charge in [-0.25, -0.2) is 9.37 Å². The van der Waals surface area contributed by atoms with Gasteiger partial charge in [-0.15, -0.1) is 0 Å². The van der Waals surface area contributed by atoms with E-state index in [0.29, 0.717) is 11.5 Å². The number of benzene rings is 1. The quantitative estimate of drug-likeness (QED) is 0.902. The molecule has 0 saturated heterocycles. The Bertz CT molecular complexity index is 528. The fourth-order valence-electron chi connectivity index (χ4n) is 1.43. The summed E-state index contributed by atoms with van der Waals surface area (Å²) in [7, 11) is 1.77. The van der Waals surface area contributed by atoms with Gasteiger partial charge in [0.25, 0.3) is 0 Å². The lowest BCUT2D eigenvalue weighted by atomic mass is 10.2. The van der Waals surface area contributed by atoms with Gasteiger partial charge in [-0.2, -0.15) is 0 Å². The Labute approximate surface area is 105 Å². The molecule has 18 heavy (non-hydrogen) atoms. The van der Waals surface area contributed by atoms with Gasteiger partial charge < -0.3 is 10.1 Å². The van der Waals surface area contributed by atoms with Gasteiger partial charge in [-0.1, -0.05) is 6.07 Å². The van der Waals surface area contributed by atoms with Gasteiger partial charge in [-0.3, -0.25) is 4.98 Å².